The van der Waals surface area contributed by atoms with Crippen molar-refractivity contribution in [3.8, 4) is 0 Å². The van der Waals surface area contributed by atoms with Gasteiger partial charge in [-0.2, -0.15) is 0 Å². The number of sulfone groups is 1. The molecule has 2 rings (SSSR count). The number of nitrogens with two attached hydrogens (primary N) is 1. The van der Waals surface area contributed by atoms with Crippen LogP contribution in [0.2, 0.25) is 10.0 Å². The van der Waals surface area contributed by atoms with Crippen LogP contribution in [0.4, 0.5) is 11.4 Å². The zero-order valence-electron chi connectivity index (χ0n) is 13.5. The number of carbonyl (C=O) groups excluding carboxylic acids is 2. The van der Waals surface area contributed by atoms with Crippen molar-refractivity contribution in [1.82, 2.24) is 0 Å². The van der Waals surface area contributed by atoms with Gasteiger partial charge in [0.2, 0.25) is 0 Å². The Morgan fingerprint density at radius 1 is 1.15 bits per heavy atom. The monoisotopic (exact) mass is 416 g/mol. The van der Waals surface area contributed by atoms with Crippen LogP contribution in [-0.2, 0) is 19.4 Å². The highest BCUT2D eigenvalue weighted by atomic mass is 35.5. The van der Waals surface area contributed by atoms with E-state index in [1.165, 1.54) is 36.4 Å². The molecule has 0 aromatic heterocycles. The minimum absolute atomic E-state index is 0.0110. The van der Waals surface area contributed by atoms with Gasteiger partial charge in [-0.05, 0) is 36.4 Å². The third-order valence-electron chi connectivity index (χ3n) is 3.21. The number of benzene rings is 2. The molecule has 0 fully saturated rings. The second-order valence-corrected chi connectivity index (χ2v) is 8.13. The number of anilines is 2. The van der Waals surface area contributed by atoms with Crippen molar-refractivity contribution >= 4 is 56.3 Å². The van der Waals surface area contributed by atoms with Crippen molar-refractivity contribution in [2.24, 2.45) is 0 Å². The average molecular weight is 417 g/mol. The molecule has 1 amide bonds. The second kappa shape index (κ2) is 7.94. The molecule has 2 aromatic carbocycles. The average Bonchev–Trinajstić information content (AvgIpc) is 2.53. The standard InChI is InChI=1S/C16H14Cl2N2O5S/c1-26(23,24)10-3-5-12(18)14(7-10)20-15(21)8-25-16(22)11-4-2-9(17)6-13(11)19/h2-7H,8,19H2,1H3,(H,20,21). The Balaban J connectivity index is 2.04. The Bertz CT molecular complexity index is 977. The topological polar surface area (TPSA) is 116 Å². The largest absolute Gasteiger partial charge is 0.452 e. The van der Waals surface area contributed by atoms with Crippen molar-refractivity contribution in [2.75, 3.05) is 23.9 Å². The van der Waals surface area contributed by atoms with Crippen LogP contribution in [0.5, 0.6) is 0 Å². The lowest BCUT2D eigenvalue weighted by molar-refractivity contribution is -0.119. The summed E-state index contributed by atoms with van der Waals surface area (Å²) < 4.78 is 28.0. The maximum atomic E-state index is 12.0. The van der Waals surface area contributed by atoms with Crippen LogP contribution in [0.15, 0.2) is 41.3 Å². The van der Waals surface area contributed by atoms with Gasteiger partial charge >= 0.3 is 5.97 Å². The molecule has 138 valence electrons. The maximum absolute atomic E-state index is 12.0. The predicted octanol–water partition coefficient (Wildman–Crippen LogP) is 2.77. The molecule has 10 heteroatoms. The van der Waals surface area contributed by atoms with E-state index in [-0.39, 0.29) is 26.9 Å². The number of carbonyl (C=O) groups is 2. The summed E-state index contributed by atoms with van der Waals surface area (Å²) in [6, 6.07) is 8.10. The molecule has 0 saturated carbocycles. The van der Waals surface area contributed by atoms with Crippen molar-refractivity contribution in [2.45, 2.75) is 4.90 Å². The number of nitrogens with one attached hydrogen (secondary N) is 1. The first kappa shape index (κ1) is 20.0. The van der Waals surface area contributed by atoms with Crippen molar-refractivity contribution < 1.29 is 22.7 Å². The minimum Gasteiger partial charge on any atom is -0.452 e. The summed E-state index contributed by atoms with van der Waals surface area (Å²) in [4.78, 5) is 23.9. The number of hydrogen-bond donors (Lipinski definition) is 2. The Morgan fingerprint density at radius 2 is 1.85 bits per heavy atom. The van der Waals surface area contributed by atoms with E-state index < -0.39 is 28.3 Å². The quantitative estimate of drug-likeness (QED) is 0.571. The Kier molecular flexibility index (Phi) is 6.12. The van der Waals surface area contributed by atoms with Gasteiger partial charge in [-0.3, -0.25) is 4.79 Å². The van der Waals surface area contributed by atoms with Crippen LogP contribution < -0.4 is 11.1 Å². The lowest BCUT2D eigenvalue weighted by Gasteiger charge is -2.10. The molecule has 26 heavy (non-hydrogen) atoms. The number of rotatable bonds is 5. The zero-order chi connectivity index (χ0) is 19.5. The summed E-state index contributed by atoms with van der Waals surface area (Å²) >= 11 is 11.7. The second-order valence-electron chi connectivity index (χ2n) is 5.27. The van der Waals surface area contributed by atoms with Crippen LogP contribution >= 0.6 is 23.2 Å². The lowest BCUT2D eigenvalue weighted by Crippen LogP contribution is -2.21. The molecular formula is C16H14Cl2N2O5S. The number of esters is 1. The molecule has 0 radical (unpaired) electrons. The van der Waals surface area contributed by atoms with E-state index in [2.05, 4.69) is 5.32 Å². The van der Waals surface area contributed by atoms with Gasteiger partial charge < -0.3 is 15.8 Å². The number of hydrogen-bond acceptors (Lipinski definition) is 6. The van der Waals surface area contributed by atoms with Crippen LogP contribution in [0.3, 0.4) is 0 Å². The van der Waals surface area contributed by atoms with Crippen LogP contribution in [0.1, 0.15) is 10.4 Å². The molecule has 2 aromatic rings. The number of ether oxygens (including phenoxy) is 1. The first-order valence-electron chi connectivity index (χ1n) is 7.09. The van der Waals surface area contributed by atoms with Gasteiger partial charge in [-0.25, -0.2) is 13.2 Å². The molecular weight excluding hydrogens is 403 g/mol. The molecule has 0 aliphatic heterocycles. The first-order chi connectivity index (χ1) is 12.1. The molecule has 3 N–H and O–H groups in total. The van der Waals surface area contributed by atoms with Crippen molar-refractivity contribution in [3.63, 3.8) is 0 Å². The van der Waals surface area contributed by atoms with Crippen LogP contribution in [0, 0.1) is 0 Å². The predicted molar refractivity (Wildman–Crippen MR) is 99.3 cm³/mol. The van der Waals surface area contributed by atoms with E-state index in [1.54, 1.807) is 0 Å². The molecule has 0 heterocycles. The summed E-state index contributed by atoms with van der Waals surface area (Å²) in [7, 11) is -3.47. The van der Waals surface area contributed by atoms with Gasteiger partial charge in [0, 0.05) is 17.0 Å². The normalized spacial score (nSPS) is 11.0. The van der Waals surface area contributed by atoms with Gasteiger partial charge in [0.15, 0.2) is 16.4 Å². The summed E-state index contributed by atoms with van der Waals surface area (Å²) in [6.45, 7) is -0.611. The lowest BCUT2D eigenvalue weighted by atomic mass is 10.2. The van der Waals surface area contributed by atoms with E-state index >= 15 is 0 Å². The molecule has 0 aliphatic carbocycles. The van der Waals surface area contributed by atoms with Gasteiger partial charge in [-0.15, -0.1) is 0 Å². The fourth-order valence-electron chi connectivity index (χ4n) is 1.95. The molecule has 0 bridgehead atoms. The van der Waals surface area contributed by atoms with Gasteiger partial charge in [0.05, 0.1) is 21.2 Å². The van der Waals surface area contributed by atoms with Crippen LogP contribution in [-0.4, -0.2) is 33.2 Å². The molecule has 7 nitrogen and oxygen atoms in total. The summed E-state index contributed by atoms with van der Waals surface area (Å²) in [5, 5.41) is 2.88. The zero-order valence-corrected chi connectivity index (χ0v) is 15.8. The SMILES string of the molecule is CS(=O)(=O)c1ccc(Cl)c(NC(=O)COC(=O)c2ccc(Cl)cc2N)c1. The smallest absolute Gasteiger partial charge is 0.340 e. The summed E-state index contributed by atoms with van der Waals surface area (Å²) in [6.07, 6.45) is 1.03. The van der Waals surface area contributed by atoms with E-state index in [9.17, 15) is 18.0 Å². The minimum atomic E-state index is -3.47. The first-order valence-corrected chi connectivity index (χ1v) is 9.74. The highest BCUT2D eigenvalue weighted by Crippen LogP contribution is 2.25. The third-order valence-corrected chi connectivity index (χ3v) is 4.88. The van der Waals surface area contributed by atoms with Gasteiger partial charge in [0.25, 0.3) is 5.91 Å². The Hall–Kier alpha value is -2.29. The fourth-order valence-corrected chi connectivity index (χ4v) is 2.94. The van der Waals surface area contributed by atoms with E-state index in [0.717, 1.165) is 6.26 Å². The molecule has 0 aliphatic rings. The molecule has 0 saturated heterocycles. The number of amides is 1. The Morgan fingerprint density at radius 3 is 2.46 bits per heavy atom. The maximum Gasteiger partial charge on any atom is 0.340 e. The molecule has 0 atom stereocenters. The number of nitrogen functional groups attached to an aromatic ring is 1. The molecule has 0 unspecified atom stereocenters. The van der Waals surface area contributed by atoms with E-state index in [1.807, 2.05) is 0 Å². The fraction of sp³-hybridized carbons (Fsp3) is 0.125. The molecule has 0 spiro atoms. The Labute approximate surface area is 160 Å². The number of halogens is 2. The van der Waals surface area contributed by atoms with Gasteiger partial charge in [-0.1, -0.05) is 23.2 Å². The third kappa shape index (κ3) is 5.10. The van der Waals surface area contributed by atoms with Gasteiger partial charge in [0.1, 0.15) is 0 Å². The van der Waals surface area contributed by atoms with E-state index in [0.29, 0.717) is 5.02 Å². The van der Waals surface area contributed by atoms with Crippen molar-refractivity contribution in [3.05, 3.63) is 52.0 Å². The highest BCUT2D eigenvalue weighted by Gasteiger charge is 2.16. The summed E-state index contributed by atoms with van der Waals surface area (Å²) in [5.41, 5.74) is 5.94. The van der Waals surface area contributed by atoms with E-state index in [4.69, 9.17) is 33.7 Å². The van der Waals surface area contributed by atoms with Crippen LogP contribution in [0.25, 0.3) is 0 Å². The summed E-state index contributed by atoms with van der Waals surface area (Å²) in [5.74, 6) is -1.50. The van der Waals surface area contributed by atoms with Crippen molar-refractivity contribution in [1.29, 1.82) is 0 Å². The highest BCUT2D eigenvalue weighted by molar-refractivity contribution is 7.90.